The molecule has 2 N–H and O–H groups in total. The molecule has 8 nitrogen and oxygen atoms in total. The van der Waals surface area contributed by atoms with Gasteiger partial charge >= 0.3 is 6.03 Å². The van der Waals surface area contributed by atoms with Gasteiger partial charge in [-0.2, -0.15) is 0 Å². The van der Waals surface area contributed by atoms with E-state index in [0.717, 1.165) is 28.0 Å². The summed E-state index contributed by atoms with van der Waals surface area (Å²) in [7, 11) is 1.51. The first-order valence-corrected chi connectivity index (χ1v) is 13.6. The number of allylic oxidation sites excluding steroid dienone is 1. The fraction of sp³-hybridized carbons (Fsp3) is 0.194. The van der Waals surface area contributed by atoms with E-state index in [1.807, 2.05) is 37.3 Å². The zero-order valence-corrected chi connectivity index (χ0v) is 24.1. The maximum absolute atomic E-state index is 13.1. The minimum Gasteiger partial charge on any atom is -0.493 e. The van der Waals surface area contributed by atoms with E-state index >= 15 is 0 Å². The molecule has 212 valence electrons. The summed E-state index contributed by atoms with van der Waals surface area (Å²) in [5.41, 5.74) is 3.80. The molecule has 10 heteroatoms. The van der Waals surface area contributed by atoms with E-state index in [2.05, 4.69) is 17.2 Å². The maximum atomic E-state index is 13.1. The minimum atomic E-state index is -0.681. The number of aryl methyl sites for hydroxylation is 1. The Morgan fingerprint density at radius 3 is 2.56 bits per heavy atom. The van der Waals surface area contributed by atoms with Gasteiger partial charge in [-0.3, -0.25) is 9.59 Å². The van der Waals surface area contributed by atoms with Gasteiger partial charge in [0.15, 0.2) is 11.5 Å². The summed E-state index contributed by atoms with van der Waals surface area (Å²) in [6.45, 7) is 5.59. The Labute approximate surface area is 248 Å². The van der Waals surface area contributed by atoms with E-state index < -0.39 is 24.4 Å². The summed E-state index contributed by atoms with van der Waals surface area (Å²) in [6.07, 6.45) is 4.43. The number of hydrogen-bond donors (Lipinski definition) is 2. The molecule has 1 saturated heterocycles. The molecule has 1 aliphatic heterocycles. The smallest absolute Gasteiger partial charge is 0.329 e. The third-order valence-electron chi connectivity index (χ3n) is 6.35. The molecule has 4 rings (SSSR count). The van der Waals surface area contributed by atoms with Crippen molar-refractivity contribution < 1.29 is 23.9 Å². The van der Waals surface area contributed by atoms with Gasteiger partial charge in [0.1, 0.15) is 18.8 Å². The molecule has 3 aromatic rings. The van der Waals surface area contributed by atoms with Crippen LogP contribution in [-0.2, 0) is 29.0 Å². The number of nitrogens with one attached hydrogen (secondary N) is 2. The fourth-order valence-corrected chi connectivity index (χ4v) is 4.66. The molecule has 0 aromatic heterocycles. The fourth-order valence-electron chi connectivity index (χ4n) is 4.34. The van der Waals surface area contributed by atoms with Crippen molar-refractivity contribution in [3.63, 3.8) is 0 Å². The number of imide groups is 1. The molecule has 1 aliphatic rings. The first kappa shape index (κ1) is 29.7. The van der Waals surface area contributed by atoms with Crippen molar-refractivity contribution in [3.05, 3.63) is 105 Å². The molecule has 4 amide bonds. The van der Waals surface area contributed by atoms with Crippen LogP contribution in [0.1, 0.15) is 29.2 Å². The second-order valence-corrected chi connectivity index (χ2v) is 9.99. The Morgan fingerprint density at radius 2 is 1.85 bits per heavy atom. The maximum Gasteiger partial charge on any atom is 0.329 e. The van der Waals surface area contributed by atoms with Crippen LogP contribution in [0.15, 0.2) is 72.9 Å². The lowest BCUT2D eigenvalue weighted by molar-refractivity contribution is -0.127. The van der Waals surface area contributed by atoms with Gasteiger partial charge in [0, 0.05) is 11.3 Å². The number of urea groups is 1. The first-order valence-electron chi connectivity index (χ1n) is 12.8. The van der Waals surface area contributed by atoms with Gasteiger partial charge in [0.25, 0.3) is 5.91 Å². The quantitative estimate of drug-likeness (QED) is 0.152. The number of halogens is 2. The van der Waals surface area contributed by atoms with Crippen molar-refractivity contribution in [1.82, 2.24) is 10.2 Å². The van der Waals surface area contributed by atoms with Crippen LogP contribution in [0.3, 0.4) is 0 Å². The topological polar surface area (TPSA) is 97.0 Å². The number of nitrogens with zero attached hydrogens (tertiary/aromatic N) is 1. The van der Waals surface area contributed by atoms with Crippen LogP contribution in [0.2, 0.25) is 10.0 Å². The molecule has 1 heterocycles. The lowest BCUT2D eigenvalue weighted by Gasteiger charge is -2.16. The van der Waals surface area contributed by atoms with E-state index in [0.29, 0.717) is 39.2 Å². The zero-order chi connectivity index (χ0) is 29.5. The van der Waals surface area contributed by atoms with Crippen molar-refractivity contribution in [1.29, 1.82) is 0 Å². The van der Waals surface area contributed by atoms with Crippen LogP contribution in [0.4, 0.5) is 10.5 Å². The molecule has 0 aliphatic carbocycles. The highest BCUT2D eigenvalue weighted by Gasteiger charge is 2.35. The monoisotopic (exact) mass is 593 g/mol. The largest absolute Gasteiger partial charge is 0.493 e. The van der Waals surface area contributed by atoms with Gasteiger partial charge in [0.05, 0.1) is 17.2 Å². The molecule has 0 bridgehead atoms. The molecule has 0 saturated carbocycles. The van der Waals surface area contributed by atoms with Gasteiger partial charge in [-0.05, 0) is 65.9 Å². The van der Waals surface area contributed by atoms with Gasteiger partial charge in [-0.15, -0.1) is 6.58 Å². The van der Waals surface area contributed by atoms with Crippen LogP contribution in [0.25, 0.3) is 6.08 Å². The summed E-state index contributed by atoms with van der Waals surface area (Å²) in [4.78, 5) is 39.2. The summed E-state index contributed by atoms with van der Waals surface area (Å²) in [5, 5.41) is 6.21. The highest BCUT2D eigenvalue weighted by atomic mass is 35.5. The number of anilines is 1. The number of methoxy groups -OCH3 is 1. The van der Waals surface area contributed by atoms with E-state index in [-0.39, 0.29) is 12.3 Å². The number of ether oxygens (including phenoxy) is 2. The number of rotatable bonds is 11. The molecule has 0 atom stereocenters. The molecule has 0 radical (unpaired) electrons. The molecule has 1 fully saturated rings. The van der Waals surface area contributed by atoms with E-state index in [9.17, 15) is 14.4 Å². The van der Waals surface area contributed by atoms with Crippen molar-refractivity contribution in [2.45, 2.75) is 26.4 Å². The summed E-state index contributed by atoms with van der Waals surface area (Å²) in [6, 6.07) is 15.4. The number of amides is 4. The molecule has 0 spiro atoms. The van der Waals surface area contributed by atoms with E-state index in [1.54, 1.807) is 30.3 Å². The van der Waals surface area contributed by atoms with Crippen LogP contribution in [-0.4, -0.2) is 36.4 Å². The molecular weight excluding hydrogens is 565 g/mol. The van der Waals surface area contributed by atoms with Crippen LogP contribution < -0.4 is 20.1 Å². The lowest BCUT2D eigenvalue weighted by Crippen LogP contribution is -2.38. The summed E-state index contributed by atoms with van der Waals surface area (Å²) < 4.78 is 11.7. The van der Waals surface area contributed by atoms with Crippen molar-refractivity contribution in [2.24, 2.45) is 0 Å². The van der Waals surface area contributed by atoms with Crippen molar-refractivity contribution in [3.8, 4) is 11.5 Å². The normalized spacial score (nSPS) is 13.8. The minimum absolute atomic E-state index is 0.0350. The van der Waals surface area contributed by atoms with E-state index in [1.165, 1.54) is 13.2 Å². The average Bonchev–Trinajstić information content (AvgIpc) is 3.21. The Balaban J connectivity index is 1.53. The number of para-hydroxylation sites is 1. The van der Waals surface area contributed by atoms with Crippen molar-refractivity contribution in [2.75, 3.05) is 19.0 Å². The van der Waals surface area contributed by atoms with Gasteiger partial charge in [-0.1, -0.05) is 60.5 Å². The van der Waals surface area contributed by atoms with E-state index in [4.69, 9.17) is 32.7 Å². The van der Waals surface area contributed by atoms with Gasteiger partial charge in [-0.25, -0.2) is 9.69 Å². The standard InChI is InChI=1S/C31H29Cl2N3O5/c1-4-8-22-13-20(16-27(40-3)29(22)41-18-19-11-12-23(32)24(33)14-19)15-26-30(38)36(31(39)35-26)17-28(37)34-25-10-7-6-9-21(25)5-2/h4,6-7,9-16H,1,5,8,17-18H2,2-3H3,(H,34,37)(H,35,39)/b26-15+. The second-order valence-electron chi connectivity index (χ2n) is 9.18. The predicted molar refractivity (Wildman–Crippen MR) is 160 cm³/mol. The third kappa shape index (κ3) is 7.09. The Kier molecular flexibility index (Phi) is 9.70. The first-order chi connectivity index (χ1) is 19.7. The lowest BCUT2D eigenvalue weighted by atomic mass is 10.0. The Hall–Kier alpha value is -4.27. The SMILES string of the molecule is C=CCc1cc(/C=C2/NC(=O)N(CC(=O)Nc3ccccc3CC)C2=O)cc(OC)c1OCc1ccc(Cl)c(Cl)c1. The second kappa shape index (κ2) is 13.4. The van der Waals surface area contributed by atoms with Crippen molar-refractivity contribution >= 4 is 52.8 Å². The molecular formula is C31H29Cl2N3O5. The van der Waals surface area contributed by atoms with Gasteiger partial charge < -0.3 is 20.1 Å². The number of benzene rings is 3. The predicted octanol–water partition coefficient (Wildman–Crippen LogP) is 6.40. The zero-order valence-electron chi connectivity index (χ0n) is 22.6. The van der Waals surface area contributed by atoms with Crippen LogP contribution in [0.5, 0.6) is 11.5 Å². The van der Waals surface area contributed by atoms with Crippen LogP contribution >= 0.6 is 23.2 Å². The average molecular weight is 594 g/mol. The summed E-state index contributed by atoms with van der Waals surface area (Å²) >= 11 is 12.1. The molecule has 41 heavy (non-hydrogen) atoms. The Bertz CT molecular complexity index is 1540. The van der Waals surface area contributed by atoms with Crippen LogP contribution in [0, 0.1) is 0 Å². The highest BCUT2D eigenvalue weighted by molar-refractivity contribution is 6.42. The number of carbonyl (C=O) groups excluding carboxylic acids is 3. The van der Waals surface area contributed by atoms with Gasteiger partial charge in [0.2, 0.25) is 5.91 Å². The summed E-state index contributed by atoms with van der Waals surface area (Å²) in [5.74, 6) is -0.154. The number of carbonyl (C=O) groups is 3. The molecule has 0 unspecified atom stereocenters. The highest BCUT2D eigenvalue weighted by Crippen LogP contribution is 2.35. The third-order valence-corrected chi connectivity index (χ3v) is 7.09. The number of hydrogen-bond acceptors (Lipinski definition) is 5. The Morgan fingerprint density at radius 1 is 1.07 bits per heavy atom. The molecule has 3 aromatic carbocycles.